The van der Waals surface area contributed by atoms with Crippen LogP contribution in [0.3, 0.4) is 0 Å². The molecule has 0 aromatic heterocycles. The molecule has 4 amide bonds. The third kappa shape index (κ3) is 2.84. The molecule has 1 saturated heterocycles. The molecule has 20 heavy (non-hydrogen) atoms. The molecule has 1 aliphatic heterocycles. The van der Waals surface area contributed by atoms with E-state index in [1.807, 2.05) is 0 Å². The van der Waals surface area contributed by atoms with E-state index in [9.17, 15) is 22.8 Å². The van der Waals surface area contributed by atoms with E-state index in [4.69, 9.17) is 0 Å². The van der Waals surface area contributed by atoms with Gasteiger partial charge < -0.3 is 0 Å². The third-order valence-corrected chi connectivity index (χ3v) is 5.51. The summed E-state index contributed by atoms with van der Waals surface area (Å²) < 4.78 is 23.0. The summed E-state index contributed by atoms with van der Waals surface area (Å²) in [6, 6.07) is -0.844. The molecule has 0 atom stereocenters. The minimum Gasteiger partial charge on any atom is -0.277 e. The number of rotatable bonds is 6. The highest BCUT2D eigenvalue weighted by Crippen LogP contribution is 2.32. The molecule has 8 heteroatoms. The fraction of sp³-hybridized carbons (Fsp3) is 0.750. The average molecular weight is 304 g/mol. The smallest absolute Gasteiger partial charge is 0.277 e. The molecule has 0 spiro atoms. The summed E-state index contributed by atoms with van der Waals surface area (Å²) in [4.78, 5) is 36.8. The van der Waals surface area contributed by atoms with Crippen LogP contribution in [-0.2, 0) is 19.4 Å². The molecule has 1 N–H and O–H groups in total. The Morgan fingerprint density at radius 1 is 1.10 bits per heavy atom. The van der Waals surface area contributed by atoms with Crippen molar-refractivity contribution < 1.29 is 22.8 Å². The first kappa shape index (κ1) is 16.6. The van der Waals surface area contributed by atoms with E-state index >= 15 is 0 Å². The van der Waals surface area contributed by atoms with Crippen molar-refractivity contribution in [3.05, 3.63) is 0 Å². The summed E-state index contributed by atoms with van der Waals surface area (Å²) in [5.41, 5.74) is -1.27. The third-order valence-electron chi connectivity index (χ3n) is 3.83. The molecule has 1 heterocycles. The molecule has 0 aromatic rings. The van der Waals surface area contributed by atoms with Gasteiger partial charge in [0.25, 0.3) is 0 Å². The number of nitrogens with zero attached hydrogens (tertiary/aromatic N) is 1. The van der Waals surface area contributed by atoms with Crippen LogP contribution in [0.15, 0.2) is 0 Å². The lowest BCUT2D eigenvalue weighted by molar-refractivity contribution is -0.151. The van der Waals surface area contributed by atoms with Crippen LogP contribution < -0.4 is 5.32 Å². The number of hydrogen-bond acceptors (Lipinski definition) is 5. The van der Waals surface area contributed by atoms with Crippen LogP contribution in [0.25, 0.3) is 0 Å². The standard InChI is InChI=1S/C12H20N2O5S/c1-4-12(5-2)9(15)13-11(17)14(10(12)16)7-8-20(18,19)6-3/h4-8H2,1-3H3,(H,13,15,17). The van der Waals surface area contributed by atoms with Crippen molar-refractivity contribution in [3.63, 3.8) is 0 Å². The molecule has 0 unspecified atom stereocenters. The van der Waals surface area contributed by atoms with Gasteiger partial charge in [-0.3, -0.25) is 19.8 Å². The summed E-state index contributed by atoms with van der Waals surface area (Å²) in [6.45, 7) is 4.66. The Labute approximate surface area is 118 Å². The van der Waals surface area contributed by atoms with Crippen LogP contribution in [0.4, 0.5) is 4.79 Å². The number of hydrogen-bond donors (Lipinski definition) is 1. The van der Waals surface area contributed by atoms with Crippen molar-refractivity contribution in [2.75, 3.05) is 18.1 Å². The predicted octanol–water partition coefficient (Wildman–Crippen LogP) is 0.306. The van der Waals surface area contributed by atoms with E-state index in [1.165, 1.54) is 6.92 Å². The lowest BCUT2D eigenvalue weighted by Gasteiger charge is -2.38. The zero-order chi connectivity index (χ0) is 15.6. The van der Waals surface area contributed by atoms with Crippen LogP contribution in [0.1, 0.15) is 33.6 Å². The average Bonchev–Trinajstić information content (AvgIpc) is 2.39. The molecule has 0 aromatic carbocycles. The van der Waals surface area contributed by atoms with Crippen LogP contribution in [0.5, 0.6) is 0 Å². The van der Waals surface area contributed by atoms with E-state index in [1.54, 1.807) is 13.8 Å². The summed E-state index contributed by atoms with van der Waals surface area (Å²) in [5, 5.41) is 2.14. The highest BCUT2D eigenvalue weighted by Gasteiger charge is 2.51. The van der Waals surface area contributed by atoms with Crippen molar-refractivity contribution in [2.24, 2.45) is 5.41 Å². The molecule has 0 radical (unpaired) electrons. The first-order valence-electron chi connectivity index (χ1n) is 6.61. The van der Waals surface area contributed by atoms with Gasteiger partial charge in [0.2, 0.25) is 11.8 Å². The number of barbiturate groups is 1. The fourth-order valence-electron chi connectivity index (χ4n) is 2.18. The minimum absolute atomic E-state index is 0.0533. The van der Waals surface area contributed by atoms with Gasteiger partial charge in [0.05, 0.1) is 5.75 Å². The molecule has 0 saturated carbocycles. The maximum Gasteiger partial charge on any atom is 0.330 e. The number of imide groups is 2. The highest BCUT2D eigenvalue weighted by molar-refractivity contribution is 7.91. The topological polar surface area (TPSA) is 101 Å². The molecule has 7 nitrogen and oxygen atoms in total. The quantitative estimate of drug-likeness (QED) is 0.712. The zero-order valence-corrected chi connectivity index (χ0v) is 12.7. The van der Waals surface area contributed by atoms with Crippen LogP contribution in [-0.4, -0.2) is 49.2 Å². The maximum atomic E-state index is 12.4. The number of sulfone groups is 1. The van der Waals surface area contributed by atoms with E-state index in [0.717, 1.165) is 4.90 Å². The van der Waals surface area contributed by atoms with Gasteiger partial charge in [-0.05, 0) is 12.8 Å². The molecule has 0 bridgehead atoms. The monoisotopic (exact) mass is 304 g/mol. The molecule has 0 aliphatic carbocycles. The Morgan fingerprint density at radius 2 is 1.65 bits per heavy atom. The first-order chi connectivity index (χ1) is 9.24. The van der Waals surface area contributed by atoms with Crippen molar-refractivity contribution in [2.45, 2.75) is 33.6 Å². The van der Waals surface area contributed by atoms with Crippen molar-refractivity contribution in [1.29, 1.82) is 0 Å². The second-order valence-electron chi connectivity index (χ2n) is 4.74. The Bertz CT molecular complexity index is 522. The number of carbonyl (C=O) groups is 3. The van der Waals surface area contributed by atoms with Gasteiger partial charge in [0, 0.05) is 12.3 Å². The van der Waals surface area contributed by atoms with Gasteiger partial charge >= 0.3 is 6.03 Å². The minimum atomic E-state index is -3.29. The van der Waals surface area contributed by atoms with E-state index in [0.29, 0.717) is 0 Å². The van der Waals surface area contributed by atoms with Gasteiger partial charge in [-0.1, -0.05) is 20.8 Å². The van der Waals surface area contributed by atoms with Crippen LogP contribution in [0, 0.1) is 5.41 Å². The Hall–Kier alpha value is -1.44. The maximum absolute atomic E-state index is 12.4. The van der Waals surface area contributed by atoms with Gasteiger partial charge in [-0.2, -0.15) is 0 Å². The van der Waals surface area contributed by atoms with E-state index in [2.05, 4.69) is 5.32 Å². The molecule has 1 aliphatic rings. The van der Waals surface area contributed by atoms with Gasteiger partial charge in [0.1, 0.15) is 5.41 Å². The molecule has 1 fully saturated rings. The normalized spacial score (nSPS) is 19.1. The lowest BCUT2D eigenvalue weighted by atomic mass is 9.78. The van der Waals surface area contributed by atoms with Crippen molar-refractivity contribution in [3.8, 4) is 0 Å². The van der Waals surface area contributed by atoms with Crippen LogP contribution >= 0.6 is 0 Å². The van der Waals surface area contributed by atoms with E-state index < -0.39 is 33.1 Å². The summed E-state index contributed by atoms with van der Waals surface area (Å²) in [6.07, 6.45) is 0.525. The summed E-state index contributed by atoms with van der Waals surface area (Å²) >= 11 is 0. The van der Waals surface area contributed by atoms with E-state index in [-0.39, 0.29) is 30.9 Å². The van der Waals surface area contributed by atoms with Crippen molar-refractivity contribution in [1.82, 2.24) is 10.2 Å². The predicted molar refractivity (Wildman–Crippen MR) is 72.6 cm³/mol. The number of urea groups is 1. The number of amides is 4. The van der Waals surface area contributed by atoms with Gasteiger partial charge in [-0.15, -0.1) is 0 Å². The number of carbonyl (C=O) groups excluding carboxylic acids is 3. The fourth-order valence-corrected chi connectivity index (χ4v) is 2.93. The summed E-state index contributed by atoms with van der Waals surface area (Å²) in [5.74, 6) is -1.56. The lowest BCUT2D eigenvalue weighted by Crippen LogP contribution is -2.64. The second kappa shape index (κ2) is 5.90. The van der Waals surface area contributed by atoms with Crippen molar-refractivity contribution >= 4 is 27.7 Å². The SMILES string of the molecule is CCC1(CC)C(=O)NC(=O)N(CCS(=O)(=O)CC)C1=O. The highest BCUT2D eigenvalue weighted by atomic mass is 32.2. The zero-order valence-electron chi connectivity index (χ0n) is 11.9. The number of nitrogens with one attached hydrogen (secondary N) is 1. The molecule has 1 rings (SSSR count). The Morgan fingerprint density at radius 3 is 2.10 bits per heavy atom. The Kier molecular flexibility index (Phi) is 4.90. The summed E-state index contributed by atoms with van der Waals surface area (Å²) in [7, 11) is -3.29. The molecular weight excluding hydrogens is 284 g/mol. The van der Waals surface area contributed by atoms with Gasteiger partial charge in [-0.25, -0.2) is 13.2 Å². The van der Waals surface area contributed by atoms with Gasteiger partial charge in [0.15, 0.2) is 9.84 Å². The Balaban J connectivity index is 2.99. The molecule has 114 valence electrons. The first-order valence-corrected chi connectivity index (χ1v) is 8.44. The van der Waals surface area contributed by atoms with Crippen LogP contribution in [0.2, 0.25) is 0 Å². The largest absolute Gasteiger partial charge is 0.330 e. The molecular formula is C12H20N2O5S. The second-order valence-corrected chi connectivity index (χ2v) is 7.21.